The number of nitrogens with zero attached hydrogens (tertiary/aromatic N) is 1. The molecular formula is C20H26ClFN2O. The Balaban J connectivity index is 2.19. The van der Waals surface area contributed by atoms with Gasteiger partial charge in [-0.15, -0.1) is 0 Å². The number of hydrogen-bond donors (Lipinski definition) is 1. The van der Waals surface area contributed by atoms with Crippen LogP contribution in [-0.4, -0.2) is 17.6 Å². The molecule has 0 aliphatic rings. The molecule has 1 aromatic carbocycles. The van der Waals surface area contributed by atoms with Crippen LogP contribution in [0.1, 0.15) is 39.8 Å². The second-order valence-electron chi connectivity index (χ2n) is 6.53. The maximum absolute atomic E-state index is 14.1. The number of ether oxygens (including phenoxy) is 1. The van der Waals surface area contributed by atoms with Gasteiger partial charge in [0.25, 0.3) is 0 Å². The highest BCUT2D eigenvalue weighted by Gasteiger charge is 2.12. The third-order valence-corrected chi connectivity index (χ3v) is 4.49. The lowest BCUT2D eigenvalue weighted by Crippen LogP contribution is -2.30. The lowest BCUT2D eigenvalue weighted by atomic mass is 10.1. The van der Waals surface area contributed by atoms with Crippen LogP contribution in [0.15, 0.2) is 30.3 Å². The predicted molar refractivity (Wildman–Crippen MR) is 102 cm³/mol. The molecule has 25 heavy (non-hydrogen) atoms. The number of rotatable bonds is 8. The first kappa shape index (κ1) is 19.7. The number of halogens is 2. The summed E-state index contributed by atoms with van der Waals surface area (Å²) in [6.45, 7) is 9.40. The van der Waals surface area contributed by atoms with Gasteiger partial charge in [-0.2, -0.15) is 0 Å². The molecule has 1 aromatic heterocycles. The normalized spacial score (nSPS) is 12.4. The number of pyridine rings is 1. The molecule has 2 rings (SSSR count). The summed E-state index contributed by atoms with van der Waals surface area (Å²) in [5, 5.41) is 3.85. The summed E-state index contributed by atoms with van der Waals surface area (Å²) in [6, 6.07) is 8.94. The van der Waals surface area contributed by atoms with Crippen LogP contribution in [0.25, 0.3) is 11.3 Å². The number of hydrogen-bond acceptors (Lipinski definition) is 3. The van der Waals surface area contributed by atoms with Crippen molar-refractivity contribution in [1.82, 2.24) is 10.3 Å². The maximum atomic E-state index is 14.1. The van der Waals surface area contributed by atoms with Crippen molar-refractivity contribution in [2.45, 2.75) is 46.7 Å². The van der Waals surface area contributed by atoms with E-state index in [1.807, 2.05) is 19.1 Å². The molecule has 136 valence electrons. The third kappa shape index (κ3) is 5.41. The average molecular weight is 365 g/mol. The Hall–Kier alpha value is -1.65. The highest BCUT2D eigenvalue weighted by Crippen LogP contribution is 2.30. The fourth-order valence-electron chi connectivity index (χ4n) is 2.25. The lowest BCUT2D eigenvalue weighted by molar-refractivity contribution is 0.317. The molecule has 0 amide bonds. The number of benzene rings is 1. The Kier molecular flexibility index (Phi) is 7.21. The number of nitrogens with one attached hydrogen (secondary N) is 1. The van der Waals surface area contributed by atoms with Gasteiger partial charge < -0.3 is 10.1 Å². The van der Waals surface area contributed by atoms with Crippen LogP contribution < -0.4 is 10.1 Å². The highest BCUT2D eigenvalue weighted by atomic mass is 35.5. The topological polar surface area (TPSA) is 34.1 Å². The smallest absolute Gasteiger partial charge is 0.146 e. The second-order valence-corrected chi connectivity index (χ2v) is 6.94. The molecule has 0 fully saturated rings. The Morgan fingerprint density at radius 2 is 1.96 bits per heavy atom. The summed E-state index contributed by atoms with van der Waals surface area (Å²) in [4.78, 5) is 4.47. The fourth-order valence-corrected chi connectivity index (χ4v) is 2.49. The monoisotopic (exact) mass is 364 g/mol. The molecule has 0 saturated heterocycles. The zero-order valence-corrected chi connectivity index (χ0v) is 16.0. The summed E-state index contributed by atoms with van der Waals surface area (Å²) in [5.74, 6) is 0.823. The molecule has 0 aliphatic heterocycles. The molecule has 0 aliphatic carbocycles. The molecule has 5 heteroatoms. The standard InChI is InChI=1S/C20H26ClFN2O/c1-5-10-25-20-9-6-15(11-16(20)21)18-8-7-17(22)19(24-18)12-23-14(4)13(2)3/h6-9,11,13-14,23H,5,10,12H2,1-4H3/t14-/m1/s1. The van der Waals surface area contributed by atoms with Gasteiger partial charge in [0.05, 0.1) is 23.0 Å². The summed E-state index contributed by atoms with van der Waals surface area (Å²) in [7, 11) is 0. The zero-order chi connectivity index (χ0) is 18.4. The van der Waals surface area contributed by atoms with E-state index in [0.717, 1.165) is 12.0 Å². The van der Waals surface area contributed by atoms with Gasteiger partial charge in [-0.25, -0.2) is 9.37 Å². The largest absolute Gasteiger partial charge is 0.492 e. The van der Waals surface area contributed by atoms with E-state index >= 15 is 0 Å². The van der Waals surface area contributed by atoms with Gasteiger partial charge in [0.15, 0.2) is 0 Å². The van der Waals surface area contributed by atoms with Gasteiger partial charge in [0, 0.05) is 18.2 Å². The van der Waals surface area contributed by atoms with Crippen molar-refractivity contribution in [2.24, 2.45) is 5.92 Å². The van der Waals surface area contributed by atoms with Gasteiger partial charge in [-0.05, 0) is 49.6 Å². The quantitative estimate of drug-likeness (QED) is 0.674. The van der Waals surface area contributed by atoms with Crippen molar-refractivity contribution >= 4 is 11.6 Å². The molecule has 0 radical (unpaired) electrons. The summed E-state index contributed by atoms with van der Waals surface area (Å²) in [5.41, 5.74) is 1.94. The predicted octanol–water partition coefficient (Wildman–Crippen LogP) is 5.46. The first-order valence-corrected chi connectivity index (χ1v) is 9.11. The van der Waals surface area contributed by atoms with Crippen LogP contribution in [-0.2, 0) is 6.54 Å². The van der Waals surface area contributed by atoms with Crippen molar-refractivity contribution in [3.05, 3.63) is 46.9 Å². The van der Waals surface area contributed by atoms with E-state index in [0.29, 0.717) is 41.2 Å². The van der Waals surface area contributed by atoms with Gasteiger partial charge >= 0.3 is 0 Å². The van der Waals surface area contributed by atoms with Crippen LogP contribution in [0.3, 0.4) is 0 Å². The summed E-state index contributed by atoms with van der Waals surface area (Å²) in [6.07, 6.45) is 0.919. The molecule has 0 bridgehead atoms. The van der Waals surface area contributed by atoms with E-state index in [-0.39, 0.29) is 11.9 Å². The van der Waals surface area contributed by atoms with Crippen LogP contribution >= 0.6 is 11.6 Å². The highest BCUT2D eigenvalue weighted by molar-refractivity contribution is 6.32. The van der Waals surface area contributed by atoms with E-state index in [9.17, 15) is 4.39 Å². The van der Waals surface area contributed by atoms with E-state index in [4.69, 9.17) is 16.3 Å². The maximum Gasteiger partial charge on any atom is 0.146 e. The van der Waals surface area contributed by atoms with Crippen LogP contribution in [0.2, 0.25) is 5.02 Å². The Labute approximate surface area is 154 Å². The van der Waals surface area contributed by atoms with Crippen molar-refractivity contribution in [1.29, 1.82) is 0 Å². The van der Waals surface area contributed by atoms with E-state index in [1.54, 1.807) is 12.1 Å². The van der Waals surface area contributed by atoms with Gasteiger partial charge in [0.2, 0.25) is 0 Å². The minimum absolute atomic E-state index is 0.286. The van der Waals surface area contributed by atoms with Crippen molar-refractivity contribution in [2.75, 3.05) is 6.61 Å². The molecule has 0 unspecified atom stereocenters. The van der Waals surface area contributed by atoms with Crippen molar-refractivity contribution in [3.8, 4) is 17.0 Å². The van der Waals surface area contributed by atoms with E-state index < -0.39 is 0 Å². The Morgan fingerprint density at radius 3 is 2.60 bits per heavy atom. The fraction of sp³-hybridized carbons (Fsp3) is 0.450. The second kappa shape index (κ2) is 9.16. The van der Waals surface area contributed by atoms with Crippen molar-refractivity contribution in [3.63, 3.8) is 0 Å². The van der Waals surface area contributed by atoms with Crippen LogP contribution in [0.5, 0.6) is 5.75 Å². The molecule has 0 spiro atoms. The lowest BCUT2D eigenvalue weighted by Gasteiger charge is -2.17. The molecule has 0 saturated carbocycles. The van der Waals surface area contributed by atoms with Crippen LogP contribution in [0, 0.1) is 11.7 Å². The molecule has 1 heterocycles. The Bertz CT molecular complexity index is 706. The molecule has 3 nitrogen and oxygen atoms in total. The first-order chi connectivity index (χ1) is 11.9. The zero-order valence-electron chi connectivity index (χ0n) is 15.3. The SMILES string of the molecule is CCCOc1ccc(-c2ccc(F)c(CN[C@H](C)C(C)C)n2)cc1Cl. The minimum Gasteiger partial charge on any atom is -0.492 e. The Morgan fingerprint density at radius 1 is 1.20 bits per heavy atom. The summed E-state index contributed by atoms with van der Waals surface area (Å²) < 4.78 is 19.7. The molecule has 1 N–H and O–H groups in total. The molecule has 1 atom stereocenters. The molecule has 2 aromatic rings. The van der Waals surface area contributed by atoms with Gasteiger partial charge in [0.1, 0.15) is 11.6 Å². The summed E-state index contributed by atoms with van der Waals surface area (Å²) >= 11 is 6.28. The van der Waals surface area contributed by atoms with Gasteiger partial charge in [-0.3, -0.25) is 0 Å². The molecular weight excluding hydrogens is 339 g/mol. The van der Waals surface area contributed by atoms with Gasteiger partial charge in [-0.1, -0.05) is 32.4 Å². The first-order valence-electron chi connectivity index (χ1n) is 8.73. The number of aromatic nitrogens is 1. The third-order valence-electron chi connectivity index (χ3n) is 4.20. The van der Waals surface area contributed by atoms with Crippen molar-refractivity contribution < 1.29 is 9.13 Å². The average Bonchev–Trinajstić information content (AvgIpc) is 2.59. The van der Waals surface area contributed by atoms with Crippen LogP contribution in [0.4, 0.5) is 4.39 Å². The minimum atomic E-state index is -0.304. The van der Waals surface area contributed by atoms with E-state index in [1.165, 1.54) is 6.07 Å². The van der Waals surface area contributed by atoms with E-state index in [2.05, 4.69) is 31.1 Å².